The summed E-state index contributed by atoms with van der Waals surface area (Å²) in [7, 11) is -5.07. The van der Waals surface area contributed by atoms with E-state index in [9.17, 15) is 34.2 Å². The number of allylic oxidation sites excluding steroid dienone is 3. The molecular formula is C31H50NO10P. The first-order chi connectivity index (χ1) is 20.2. The number of nitrogens with two attached hydrogens (primary N) is 1. The van der Waals surface area contributed by atoms with E-state index >= 15 is 0 Å². The number of hydrogen-bond acceptors (Lipinski definition) is 9. The fourth-order valence-electron chi connectivity index (χ4n) is 5.30. The molecule has 0 unspecified atom stereocenters. The molecule has 0 amide bonds. The predicted octanol–water partition coefficient (Wildman–Crippen LogP) is 4.01. The van der Waals surface area contributed by atoms with Crippen LogP contribution in [0.4, 0.5) is 0 Å². The number of ether oxygens (including phenoxy) is 2. The van der Waals surface area contributed by atoms with Crippen LogP contribution in [0.15, 0.2) is 48.6 Å². The highest BCUT2D eigenvalue weighted by Gasteiger charge is 2.40. The summed E-state index contributed by atoms with van der Waals surface area (Å²) in [5, 5.41) is 22.1. The van der Waals surface area contributed by atoms with E-state index in [1.54, 1.807) is 18.2 Å². The lowest BCUT2D eigenvalue weighted by Gasteiger charge is -2.35. The Kier molecular flexibility index (Phi) is 15.5. The van der Waals surface area contributed by atoms with Crippen molar-refractivity contribution in [2.45, 2.75) is 109 Å². The SMILES string of the molecule is CC[C@H]1C=CC(=O)O[C@@H]1/C=C/[C@](O)(CCN)[C@@H](C[C@@H](O)/C=C\C=C\[C@H]1CCC[C@@H](OC(=O)CCC(C)C)C1)OP(=O)(O)O. The number of hydrogen-bond donors (Lipinski definition) is 5. The minimum absolute atomic E-state index is 0.0481. The molecular weight excluding hydrogens is 577 g/mol. The van der Waals surface area contributed by atoms with E-state index in [2.05, 4.69) is 13.8 Å². The van der Waals surface area contributed by atoms with Crippen LogP contribution in [-0.2, 0) is 28.2 Å². The molecule has 2 rings (SSSR count). The van der Waals surface area contributed by atoms with Crippen LogP contribution in [0.2, 0.25) is 0 Å². The summed E-state index contributed by atoms with van der Waals surface area (Å²) in [5.41, 5.74) is 3.73. The van der Waals surface area contributed by atoms with E-state index in [0.717, 1.165) is 32.1 Å². The molecule has 1 aliphatic carbocycles. The lowest BCUT2D eigenvalue weighted by Crippen LogP contribution is -2.45. The van der Waals surface area contributed by atoms with E-state index in [0.29, 0.717) is 18.8 Å². The fourth-order valence-corrected chi connectivity index (χ4v) is 5.90. The molecule has 12 heteroatoms. The van der Waals surface area contributed by atoms with Gasteiger partial charge in [0.2, 0.25) is 0 Å². The maximum Gasteiger partial charge on any atom is 0.469 e. The van der Waals surface area contributed by atoms with Gasteiger partial charge in [0.05, 0.1) is 6.10 Å². The van der Waals surface area contributed by atoms with Crippen LogP contribution in [0, 0.1) is 17.8 Å². The molecule has 7 atom stereocenters. The Morgan fingerprint density at radius 2 is 2.00 bits per heavy atom. The second-order valence-corrected chi connectivity index (χ2v) is 13.0. The van der Waals surface area contributed by atoms with Gasteiger partial charge in [0.25, 0.3) is 0 Å². The van der Waals surface area contributed by atoms with Gasteiger partial charge in [-0.15, -0.1) is 0 Å². The van der Waals surface area contributed by atoms with Gasteiger partial charge < -0.3 is 35.2 Å². The van der Waals surface area contributed by atoms with Crippen LogP contribution in [0.1, 0.15) is 78.6 Å². The summed E-state index contributed by atoms with van der Waals surface area (Å²) in [6.07, 6.45) is 13.9. The average Bonchev–Trinajstić information content (AvgIpc) is 2.92. The largest absolute Gasteiger partial charge is 0.469 e. The van der Waals surface area contributed by atoms with Gasteiger partial charge in [0.1, 0.15) is 23.9 Å². The van der Waals surface area contributed by atoms with Crippen LogP contribution >= 0.6 is 7.82 Å². The molecule has 1 aliphatic heterocycles. The molecule has 43 heavy (non-hydrogen) atoms. The first kappa shape index (κ1) is 37.1. The standard InChI is InChI=1S/C31H50NO10P/c1-4-24-13-15-30(35)41-27(24)16-17-31(36,18-19-32)28(42-43(37,38)39)21-25(33)10-6-5-8-23-9-7-11-26(20-23)40-29(34)14-12-22(2)3/h5-6,8,10,13,15-17,22-28,33,36H,4,7,9,11-12,14,18-21,32H2,1-3H3,(H2,37,38,39)/b8-5+,10-6-,17-16+/t23-,24-,25-,26+,27+,28+,31-/m0/s1. The summed E-state index contributed by atoms with van der Waals surface area (Å²) in [6, 6.07) is 0. The summed E-state index contributed by atoms with van der Waals surface area (Å²) in [6.45, 7) is 6.00. The Morgan fingerprint density at radius 3 is 2.65 bits per heavy atom. The molecule has 1 saturated carbocycles. The van der Waals surface area contributed by atoms with Crippen molar-refractivity contribution in [2.24, 2.45) is 23.5 Å². The normalized spacial score (nSPS) is 26.2. The number of rotatable bonds is 17. The van der Waals surface area contributed by atoms with Gasteiger partial charge >= 0.3 is 19.8 Å². The summed E-state index contributed by atoms with van der Waals surface area (Å²) < 4.78 is 27.7. The van der Waals surface area contributed by atoms with Gasteiger partial charge in [-0.3, -0.25) is 9.32 Å². The zero-order valence-corrected chi connectivity index (χ0v) is 26.4. The van der Waals surface area contributed by atoms with Gasteiger partial charge in [0.15, 0.2) is 0 Å². The molecule has 0 spiro atoms. The molecule has 1 fully saturated rings. The van der Waals surface area contributed by atoms with E-state index in [-0.39, 0.29) is 43.3 Å². The zero-order valence-electron chi connectivity index (χ0n) is 25.5. The van der Waals surface area contributed by atoms with Gasteiger partial charge in [0, 0.05) is 24.8 Å². The molecule has 0 radical (unpaired) electrons. The number of phosphoric acid groups is 1. The maximum atomic E-state index is 12.1. The first-order valence-electron chi connectivity index (χ1n) is 15.2. The third-order valence-electron chi connectivity index (χ3n) is 7.74. The van der Waals surface area contributed by atoms with Crippen molar-refractivity contribution in [3.63, 3.8) is 0 Å². The minimum atomic E-state index is -5.07. The van der Waals surface area contributed by atoms with E-state index in [1.807, 2.05) is 13.0 Å². The summed E-state index contributed by atoms with van der Waals surface area (Å²) >= 11 is 0. The van der Waals surface area contributed by atoms with Crippen molar-refractivity contribution in [3.8, 4) is 0 Å². The molecule has 0 aromatic carbocycles. The molecule has 0 bridgehead atoms. The zero-order chi connectivity index (χ0) is 32.0. The molecule has 244 valence electrons. The van der Waals surface area contributed by atoms with Crippen LogP contribution in [0.25, 0.3) is 0 Å². The van der Waals surface area contributed by atoms with Crippen molar-refractivity contribution in [1.82, 2.24) is 0 Å². The number of cyclic esters (lactones) is 1. The highest BCUT2D eigenvalue weighted by Crippen LogP contribution is 2.42. The lowest BCUT2D eigenvalue weighted by molar-refractivity contribution is -0.151. The molecule has 0 aromatic rings. The fraction of sp³-hybridized carbons (Fsp3) is 0.677. The second kappa shape index (κ2) is 18.0. The van der Waals surface area contributed by atoms with Crippen molar-refractivity contribution in [2.75, 3.05) is 6.54 Å². The average molecular weight is 628 g/mol. The Morgan fingerprint density at radius 1 is 1.26 bits per heavy atom. The first-order valence-corrected chi connectivity index (χ1v) is 16.7. The van der Waals surface area contributed by atoms with Crippen molar-refractivity contribution < 1.29 is 48.2 Å². The van der Waals surface area contributed by atoms with E-state index < -0.39 is 37.7 Å². The minimum Gasteiger partial charge on any atom is -0.462 e. The van der Waals surface area contributed by atoms with Crippen LogP contribution < -0.4 is 5.73 Å². The number of carbonyl (C=O) groups is 2. The lowest BCUT2D eigenvalue weighted by atomic mass is 9.86. The van der Waals surface area contributed by atoms with E-state index in [1.165, 1.54) is 24.3 Å². The van der Waals surface area contributed by atoms with Gasteiger partial charge in [-0.25, -0.2) is 9.36 Å². The quantitative estimate of drug-likeness (QED) is 0.0679. The van der Waals surface area contributed by atoms with Gasteiger partial charge in [-0.1, -0.05) is 57.2 Å². The Balaban J connectivity index is 2.06. The van der Waals surface area contributed by atoms with Crippen LogP contribution in [-0.4, -0.2) is 68.5 Å². The Labute approximate surface area is 255 Å². The highest BCUT2D eigenvalue weighted by atomic mass is 31.2. The number of aliphatic hydroxyl groups is 2. The monoisotopic (exact) mass is 627 g/mol. The molecule has 2 aliphatic rings. The maximum absolute atomic E-state index is 12.1. The van der Waals surface area contributed by atoms with Crippen molar-refractivity contribution >= 4 is 19.8 Å². The Bertz CT molecular complexity index is 1050. The van der Waals surface area contributed by atoms with Gasteiger partial charge in [-0.05, 0) is 69.4 Å². The van der Waals surface area contributed by atoms with Crippen molar-refractivity contribution in [1.29, 1.82) is 0 Å². The topological polar surface area (TPSA) is 186 Å². The molecule has 0 saturated heterocycles. The van der Waals surface area contributed by atoms with Crippen LogP contribution in [0.3, 0.4) is 0 Å². The molecule has 11 nitrogen and oxygen atoms in total. The Hall–Kier alpha value is -2.11. The predicted molar refractivity (Wildman–Crippen MR) is 162 cm³/mol. The number of esters is 2. The molecule has 0 aromatic heterocycles. The smallest absolute Gasteiger partial charge is 0.462 e. The molecule has 6 N–H and O–H groups in total. The third kappa shape index (κ3) is 14.0. The third-order valence-corrected chi connectivity index (χ3v) is 8.27. The van der Waals surface area contributed by atoms with Gasteiger partial charge in [-0.2, -0.15) is 0 Å². The number of phosphoric ester groups is 1. The summed E-state index contributed by atoms with van der Waals surface area (Å²) in [4.78, 5) is 43.0. The van der Waals surface area contributed by atoms with Crippen LogP contribution in [0.5, 0.6) is 0 Å². The van der Waals surface area contributed by atoms with Crippen molar-refractivity contribution in [3.05, 3.63) is 48.6 Å². The number of aliphatic hydroxyl groups excluding tert-OH is 1. The number of carbonyl (C=O) groups excluding carboxylic acids is 2. The highest BCUT2D eigenvalue weighted by molar-refractivity contribution is 7.46. The second-order valence-electron chi connectivity index (χ2n) is 11.9. The van der Waals surface area contributed by atoms with E-state index in [4.69, 9.17) is 19.7 Å². The molecule has 1 heterocycles. The summed E-state index contributed by atoms with van der Waals surface area (Å²) in [5.74, 6) is -0.196.